The second-order valence-corrected chi connectivity index (χ2v) is 6.92. The predicted octanol–water partition coefficient (Wildman–Crippen LogP) is 5.00. The van der Waals surface area contributed by atoms with Gasteiger partial charge in [-0.3, -0.25) is 0 Å². The number of thiazole rings is 1. The number of azo groups is 1. The third kappa shape index (κ3) is 3.79. The first-order chi connectivity index (χ1) is 12.1. The van der Waals surface area contributed by atoms with Gasteiger partial charge in [-0.25, -0.2) is 4.57 Å². The maximum atomic E-state index is 5.29. The van der Waals surface area contributed by atoms with E-state index in [2.05, 4.69) is 41.2 Å². The zero-order valence-corrected chi connectivity index (χ0v) is 15.9. The Morgan fingerprint density at radius 3 is 2.56 bits per heavy atom. The molecule has 0 aliphatic carbocycles. The zero-order chi connectivity index (χ0) is 17.8. The Hall–Kier alpha value is -2.47. The summed E-state index contributed by atoms with van der Waals surface area (Å²) in [5, 5.41) is 9.67. The molecule has 3 rings (SSSR count). The fourth-order valence-electron chi connectivity index (χ4n) is 2.68. The topological polar surface area (TPSA) is 41.1 Å². The van der Waals surface area contributed by atoms with Crippen molar-refractivity contribution >= 4 is 38.1 Å². The molecule has 0 aliphatic rings. The number of hydrogen-bond acceptors (Lipinski definition) is 5. The highest BCUT2D eigenvalue weighted by molar-refractivity contribution is 7.21. The number of anilines is 1. The highest BCUT2D eigenvalue weighted by atomic mass is 32.1. The number of ether oxygens (including phenoxy) is 1. The van der Waals surface area contributed by atoms with Crippen LogP contribution in [0.4, 0.5) is 16.5 Å². The maximum Gasteiger partial charge on any atom is 0.409 e. The molecule has 25 heavy (non-hydrogen) atoms. The molecule has 6 heteroatoms. The average molecular weight is 355 g/mol. The number of aromatic nitrogens is 1. The molecule has 0 radical (unpaired) electrons. The molecule has 130 valence electrons. The summed E-state index contributed by atoms with van der Waals surface area (Å²) in [5.74, 6) is 0.852. The molecule has 0 amide bonds. The molecule has 2 aromatic carbocycles. The van der Waals surface area contributed by atoms with E-state index in [0.717, 1.165) is 39.8 Å². The maximum absolute atomic E-state index is 5.29. The zero-order valence-electron chi connectivity index (χ0n) is 15.1. The van der Waals surface area contributed by atoms with Crippen LogP contribution in [0.3, 0.4) is 0 Å². The molecule has 0 fully saturated rings. The van der Waals surface area contributed by atoms with Gasteiger partial charge in [0.15, 0.2) is 0 Å². The van der Waals surface area contributed by atoms with Crippen LogP contribution >= 0.6 is 11.3 Å². The van der Waals surface area contributed by atoms with Crippen LogP contribution in [0, 0.1) is 0 Å². The number of benzene rings is 2. The third-order valence-corrected chi connectivity index (χ3v) is 5.20. The summed E-state index contributed by atoms with van der Waals surface area (Å²) in [6.07, 6.45) is 1.13. The smallest absolute Gasteiger partial charge is 0.409 e. The third-order valence-electron chi connectivity index (χ3n) is 4.12. The van der Waals surface area contributed by atoms with Crippen molar-refractivity contribution in [2.45, 2.75) is 13.3 Å². The minimum Gasteiger partial charge on any atom is -0.497 e. The molecule has 0 saturated carbocycles. The van der Waals surface area contributed by atoms with Crippen molar-refractivity contribution in [3.05, 3.63) is 42.5 Å². The number of rotatable bonds is 6. The molecule has 3 aromatic rings. The molecule has 0 saturated heterocycles. The fourth-order valence-corrected chi connectivity index (χ4v) is 3.67. The monoisotopic (exact) mass is 355 g/mol. The highest BCUT2D eigenvalue weighted by Crippen LogP contribution is 2.30. The van der Waals surface area contributed by atoms with Gasteiger partial charge in [0.25, 0.3) is 0 Å². The van der Waals surface area contributed by atoms with Gasteiger partial charge >= 0.3 is 5.13 Å². The van der Waals surface area contributed by atoms with Crippen LogP contribution < -0.4 is 14.2 Å². The van der Waals surface area contributed by atoms with Gasteiger partial charge in [0.05, 0.1) is 24.0 Å². The van der Waals surface area contributed by atoms with Crippen molar-refractivity contribution in [1.82, 2.24) is 0 Å². The lowest BCUT2D eigenvalue weighted by Crippen LogP contribution is -2.25. The van der Waals surface area contributed by atoms with Gasteiger partial charge in [-0.05, 0) is 59.3 Å². The van der Waals surface area contributed by atoms with E-state index < -0.39 is 0 Å². The predicted molar refractivity (Wildman–Crippen MR) is 104 cm³/mol. The number of fused-ring (bicyclic) bond motifs is 1. The van der Waals surface area contributed by atoms with Crippen LogP contribution in [0.2, 0.25) is 0 Å². The van der Waals surface area contributed by atoms with Crippen molar-refractivity contribution in [1.29, 1.82) is 0 Å². The van der Waals surface area contributed by atoms with Crippen LogP contribution in [-0.2, 0) is 7.05 Å². The molecule has 0 aliphatic heterocycles. The minimum atomic E-state index is 0.851. The van der Waals surface area contributed by atoms with Gasteiger partial charge in [0, 0.05) is 25.3 Å². The Morgan fingerprint density at radius 2 is 1.88 bits per heavy atom. The first-order valence-electron chi connectivity index (χ1n) is 8.32. The molecular weight excluding hydrogens is 332 g/mol. The molecule has 0 atom stereocenters. The van der Waals surface area contributed by atoms with Crippen LogP contribution in [0.15, 0.2) is 52.7 Å². The standard InChI is InChI=1S/C19H23N4OS/c1-5-12-22(2)15-8-6-14(7-9-15)20-21-19-23(3)17-11-10-16(24-4)13-18(17)25-19/h6-11,13H,5,12H2,1-4H3/q+1. The summed E-state index contributed by atoms with van der Waals surface area (Å²) in [6, 6.07) is 14.2. The van der Waals surface area contributed by atoms with Crippen molar-refractivity contribution < 1.29 is 9.30 Å². The number of methoxy groups -OCH3 is 1. The molecule has 1 aromatic heterocycles. The second-order valence-electron chi connectivity index (χ2n) is 5.92. The van der Waals surface area contributed by atoms with Crippen molar-refractivity contribution in [2.24, 2.45) is 17.3 Å². The van der Waals surface area contributed by atoms with Gasteiger partial charge in [0.2, 0.25) is 0 Å². The van der Waals surface area contributed by atoms with Gasteiger partial charge in [-0.15, -0.1) is 0 Å². The quantitative estimate of drug-likeness (QED) is 0.461. The first-order valence-corrected chi connectivity index (χ1v) is 9.13. The minimum absolute atomic E-state index is 0.851. The number of aryl methyl sites for hydroxylation is 1. The second kappa shape index (κ2) is 7.61. The molecule has 5 nitrogen and oxygen atoms in total. The van der Waals surface area contributed by atoms with Crippen LogP contribution in [-0.4, -0.2) is 20.7 Å². The number of nitrogens with zero attached hydrogens (tertiary/aromatic N) is 4. The summed E-state index contributed by atoms with van der Waals surface area (Å²) in [6.45, 7) is 3.22. The van der Waals surface area contributed by atoms with E-state index in [1.807, 2.05) is 41.9 Å². The Kier molecular flexibility index (Phi) is 5.28. The molecule has 0 unspecified atom stereocenters. The summed E-state index contributed by atoms with van der Waals surface area (Å²) in [4.78, 5) is 2.24. The first kappa shape index (κ1) is 17.4. The summed E-state index contributed by atoms with van der Waals surface area (Å²) in [5.41, 5.74) is 3.17. The molecule has 1 heterocycles. The normalized spacial score (nSPS) is 11.4. The van der Waals surface area contributed by atoms with Gasteiger partial charge < -0.3 is 9.64 Å². The lowest BCUT2D eigenvalue weighted by molar-refractivity contribution is -0.627. The van der Waals surface area contributed by atoms with Gasteiger partial charge in [-0.1, -0.05) is 6.92 Å². The summed E-state index contributed by atoms with van der Waals surface area (Å²) < 4.78 is 8.47. The van der Waals surface area contributed by atoms with E-state index in [1.54, 1.807) is 18.4 Å². The molecule has 0 spiro atoms. The molecule has 0 N–H and O–H groups in total. The van der Waals surface area contributed by atoms with Crippen LogP contribution in [0.1, 0.15) is 13.3 Å². The highest BCUT2D eigenvalue weighted by Gasteiger charge is 2.16. The lowest BCUT2D eigenvalue weighted by Gasteiger charge is -2.17. The summed E-state index contributed by atoms with van der Waals surface area (Å²) >= 11 is 1.60. The summed E-state index contributed by atoms with van der Waals surface area (Å²) in [7, 11) is 5.78. The Bertz CT molecular complexity index is 886. The van der Waals surface area contributed by atoms with Crippen molar-refractivity contribution in [3.8, 4) is 5.75 Å². The number of hydrogen-bond donors (Lipinski definition) is 0. The van der Waals surface area contributed by atoms with E-state index in [1.165, 1.54) is 5.69 Å². The van der Waals surface area contributed by atoms with Crippen LogP contribution in [0.25, 0.3) is 10.2 Å². The largest absolute Gasteiger partial charge is 0.497 e. The SMILES string of the molecule is CCCN(C)c1ccc(N=Nc2sc3cc(OC)ccc3[n+]2C)cc1. The van der Waals surface area contributed by atoms with Crippen molar-refractivity contribution in [2.75, 3.05) is 25.6 Å². The Morgan fingerprint density at radius 1 is 1.12 bits per heavy atom. The fraction of sp³-hybridized carbons (Fsp3) is 0.316. The molecular formula is C19H23N4OS+. The Balaban J connectivity index is 1.82. The molecule has 0 bridgehead atoms. The van der Waals surface area contributed by atoms with Crippen molar-refractivity contribution in [3.63, 3.8) is 0 Å². The van der Waals surface area contributed by atoms with Gasteiger partial charge in [-0.2, -0.15) is 0 Å². The van der Waals surface area contributed by atoms with Gasteiger partial charge in [0.1, 0.15) is 17.0 Å². The lowest BCUT2D eigenvalue weighted by atomic mass is 10.2. The Labute approximate surface area is 152 Å². The van der Waals surface area contributed by atoms with E-state index in [9.17, 15) is 0 Å². The van der Waals surface area contributed by atoms with Crippen LogP contribution in [0.5, 0.6) is 5.75 Å². The average Bonchev–Trinajstić information content (AvgIpc) is 2.95. The van der Waals surface area contributed by atoms with E-state index in [-0.39, 0.29) is 0 Å². The van der Waals surface area contributed by atoms with E-state index >= 15 is 0 Å². The van der Waals surface area contributed by atoms with E-state index in [4.69, 9.17) is 4.74 Å². The van der Waals surface area contributed by atoms with E-state index in [0.29, 0.717) is 0 Å².